The van der Waals surface area contributed by atoms with Crippen LogP contribution in [0.15, 0.2) is 11.6 Å². The van der Waals surface area contributed by atoms with E-state index in [1.807, 2.05) is 0 Å². The van der Waals surface area contributed by atoms with E-state index in [0.29, 0.717) is 12.2 Å². The first-order chi connectivity index (χ1) is 8.63. The van der Waals surface area contributed by atoms with Crippen LogP contribution in [-0.4, -0.2) is 38.4 Å². The molecule has 1 saturated heterocycles. The van der Waals surface area contributed by atoms with Gasteiger partial charge < -0.3 is 14.2 Å². The second-order valence-electron chi connectivity index (χ2n) is 4.23. The van der Waals surface area contributed by atoms with Crippen molar-refractivity contribution in [2.24, 2.45) is 0 Å². The Hall–Kier alpha value is -1.20. The number of rotatable bonds is 6. The van der Waals surface area contributed by atoms with Crippen LogP contribution in [0.4, 0.5) is 0 Å². The number of esters is 1. The van der Waals surface area contributed by atoms with Gasteiger partial charge in [-0.2, -0.15) is 0 Å². The molecule has 0 saturated carbocycles. The normalized spacial score (nSPS) is 20.6. The molecule has 1 unspecified atom stereocenters. The third-order valence-electron chi connectivity index (χ3n) is 2.64. The molecule has 18 heavy (non-hydrogen) atoms. The zero-order valence-electron chi connectivity index (χ0n) is 10.9. The molecule has 1 aliphatic heterocycles. The van der Waals surface area contributed by atoms with Crippen LogP contribution < -0.4 is 0 Å². The number of ether oxygens (including phenoxy) is 3. The van der Waals surface area contributed by atoms with Crippen LogP contribution in [0.25, 0.3) is 0 Å². The summed E-state index contributed by atoms with van der Waals surface area (Å²) in [6.07, 6.45) is 4.48. The first-order valence-electron chi connectivity index (χ1n) is 6.13. The van der Waals surface area contributed by atoms with Crippen molar-refractivity contribution in [1.29, 1.82) is 0 Å². The standard InChI is InChI=1S/C13H20O5/c1-10(14)9-11(13(15)16-2)6-8-18-12-5-3-4-7-17-12/h6,12H,3-5,7-9H2,1-2H3/b11-6+. The molecule has 0 aromatic rings. The average molecular weight is 256 g/mol. The monoisotopic (exact) mass is 256 g/mol. The summed E-state index contributed by atoms with van der Waals surface area (Å²) in [6, 6.07) is 0. The van der Waals surface area contributed by atoms with Crippen LogP contribution in [0.2, 0.25) is 0 Å². The maximum Gasteiger partial charge on any atom is 0.333 e. The molecule has 0 aromatic carbocycles. The third-order valence-corrected chi connectivity index (χ3v) is 2.64. The molecule has 0 amide bonds. The van der Waals surface area contributed by atoms with Crippen LogP contribution in [-0.2, 0) is 23.8 Å². The molecule has 0 aromatic heterocycles. The van der Waals surface area contributed by atoms with Crippen molar-refractivity contribution in [2.75, 3.05) is 20.3 Å². The van der Waals surface area contributed by atoms with Gasteiger partial charge in [-0.05, 0) is 32.3 Å². The highest BCUT2D eigenvalue weighted by atomic mass is 16.7. The van der Waals surface area contributed by atoms with Gasteiger partial charge in [-0.15, -0.1) is 0 Å². The summed E-state index contributed by atoms with van der Waals surface area (Å²) in [5.41, 5.74) is 0.334. The van der Waals surface area contributed by atoms with E-state index in [1.165, 1.54) is 14.0 Å². The molecule has 102 valence electrons. The number of Topliss-reactive ketones (excluding diaryl/α,β-unsaturated/α-hetero) is 1. The lowest BCUT2D eigenvalue weighted by atomic mass is 10.1. The SMILES string of the molecule is COC(=O)/C(=C/COC1CCCCO1)CC(C)=O. The molecule has 0 bridgehead atoms. The Morgan fingerprint density at radius 3 is 2.72 bits per heavy atom. The first kappa shape index (κ1) is 14.9. The van der Waals surface area contributed by atoms with Crippen LogP contribution in [0, 0.1) is 0 Å². The van der Waals surface area contributed by atoms with E-state index in [9.17, 15) is 9.59 Å². The van der Waals surface area contributed by atoms with Gasteiger partial charge in [0.2, 0.25) is 0 Å². The molecule has 1 aliphatic rings. The Kier molecular flexibility index (Phi) is 6.60. The van der Waals surface area contributed by atoms with E-state index < -0.39 is 5.97 Å². The molecule has 5 nitrogen and oxygen atoms in total. The summed E-state index contributed by atoms with van der Waals surface area (Å²) in [4.78, 5) is 22.4. The van der Waals surface area contributed by atoms with E-state index in [4.69, 9.17) is 9.47 Å². The van der Waals surface area contributed by atoms with Gasteiger partial charge in [0.05, 0.1) is 13.7 Å². The summed E-state index contributed by atoms with van der Waals surface area (Å²) in [5, 5.41) is 0. The second-order valence-corrected chi connectivity index (χ2v) is 4.23. The molecule has 0 spiro atoms. The van der Waals surface area contributed by atoms with Crippen LogP contribution in [0.5, 0.6) is 0 Å². The largest absolute Gasteiger partial charge is 0.466 e. The molecule has 1 atom stereocenters. The van der Waals surface area contributed by atoms with Crippen LogP contribution in [0.1, 0.15) is 32.6 Å². The highest BCUT2D eigenvalue weighted by molar-refractivity contribution is 5.95. The Bertz CT molecular complexity index is 315. The van der Waals surface area contributed by atoms with E-state index >= 15 is 0 Å². The van der Waals surface area contributed by atoms with Crippen molar-refractivity contribution < 1.29 is 23.8 Å². The zero-order valence-corrected chi connectivity index (χ0v) is 10.9. The fraction of sp³-hybridized carbons (Fsp3) is 0.692. The topological polar surface area (TPSA) is 61.8 Å². The number of hydrogen-bond donors (Lipinski definition) is 0. The molecule has 0 N–H and O–H groups in total. The van der Waals surface area contributed by atoms with Crippen molar-refractivity contribution in [1.82, 2.24) is 0 Å². The summed E-state index contributed by atoms with van der Waals surface area (Å²) >= 11 is 0. The Morgan fingerprint density at radius 1 is 1.39 bits per heavy atom. The fourth-order valence-electron chi connectivity index (χ4n) is 1.73. The summed E-state index contributed by atoms with van der Waals surface area (Å²) in [7, 11) is 1.29. The number of hydrogen-bond acceptors (Lipinski definition) is 5. The highest BCUT2D eigenvalue weighted by Gasteiger charge is 2.15. The van der Waals surface area contributed by atoms with Crippen molar-refractivity contribution in [3.8, 4) is 0 Å². The highest BCUT2D eigenvalue weighted by Crippen LogP contribution is 2.14. The predicted molar refractivity (Wildman–Crippen MR) is 64.9 cm³/mol. The molecule has 1 fully saturated rings. The van der Waals surface area contributed by atoms with Gasteiger partial charge in [0, 0.05) is 18.6 Å². The number of ketones is 1. The van der Waals surface area contributed by atoms with E-state index in [2.05, 4.69) is 4.74 Å². The van der Waals surface area contributed by atoms with Crippen molar-refractivity contribution in [2.45, 2.75) is 38.9 Å². The first-order valence-corrected chi connectivity index (χ1v) is 6.13. The van der Waals surface area contributed by atoms with Gasteiger partial charge in [-0.25, -0.2) is 4.79 Å². The van der Waals surface area contributed by atoms with Crippen molar-refractivity contribution >= 4 is 11.8 Å². The summed E-state index contributed by atoms with van der Waals surface area (Å²) < 4.78 is 15.5. The quantitative estimate of drug-likeness (QED) is 0.533. The molecule has 0 radical (unpaired) electrons. The van der Waals surface area contributed by atoms with Crippen molar-refractivity contribution in [3.63, 3.8) is 0 Å². The van der Waals surface area contributed by atoms with Gasteiger partial charge in [0.15, 0.2) is 6.29 Å². The molecule has 0 aliphatic carbocycles. The lowest BCUT2D eigenvalue weighted by Crippen LogP contribution is -2.22. The molecular weight excluding hydrogens is 236 g/mol. The van der Waals surface area contributed by atoms with Crippen LogP contribution >= 0.6 is 0 Å². The number of carbonyl (C=O) groups is 2. The van der Waals surface area contributed by atoms with Gasteiger partial charge in [0.25, 0.3) is 0 Å². The van der Waals surface area contributed by atoms with Crippen molar-refractivity contribution in [3.05, 3.63) is 11.6 Å². The van der Waals surface area contributed by atoms with Crippen LogP contribution in [0.3, 0.4) is 0 Å². The van der Waals surface area contributed by atoms with E-state index in [1.54, 1.807) is 6.08 Å². The lowest BCUT2D eigenvalue weighted by Gasteiger charge is -2.22. The van der Waals surface area contributed by atoms with E-state index in [0.717, 1.165) is 19.3 Å². The maximum absolute atomic E-state index is 11.4. The molecular formula is C13H20O5. The maximum atomic E-state index is 11.4. The van der Waals surface area contributed by atoms with E-state index in [-0.39, 0.29) is 25.1 Å². The summed E-state index contributed by atoms with van der Waals surface area (Å²) in [5.74, 6) is -0.570. The minimum absolute atomic E-state index is 0.0710. The fourth-order valence-corrected chi connectivity index (χ4v) is 1.73. The molecule has 1 heterocycles. The average Bonchev–Trinajstić information content (AvgIpc) is 2.37. The Labute approximate surface area is 107 Å². The second kappa shape index (κ2) is 8.00. The zero-order chi connectivity index (χ0) is 13.4. The smallest absolute Gasteiger partial charge is 0.333 e. The minimum Gasteiger partial charge on any atom is -0.466 e. The molecule has 5 heteroatoms. The summed E-state index contributed by atoms with van der Waals surface area (Å²) in [6.45, 7) is 2.40. The van der Waals surface area contributed by atoms with Gasteiger partial charge >= 0.3 is 5.97 Å². The van der Waals surface area contributed by atoms with Gasteiger partial charge in [-0.1, -0.05) is 0 Å². The van der Waals surface area contributed by atoms with Gasteiger partial charge in [0.1, 0.15) is 5.78 Å². The molecule has 1 rings (SSSR count). The Morgan fingerprint density at radius 2 is 2.17 bits per heavy atom. The lowest BCUT2D eigenvalue weighted by molar-refractivity contribution is -0.155. The predicted octanol–water partition coefficient (Wildman–Crippen LogP) is 1.61. The van der Waals surface area contributed by atoms with Gasteiger partial charge in [-0.3, -0.25) is 4.79 Å². The number of methoxy groups -OCH3 is 1. The third kappa shape index (κ3) is 5.42. The minimum atomic E-state index is -0.488. The Balaban J connectivity index is 2.43. The number of carbonyl (C=O) groups excluding carboxylic acids is 2.